The number of hydrogen-bond acceptors (Lipinski definition) is 3. The Hall–Kier alpha value is -1.29. The molecule has 0 saturated heterocycles. The molecule has 1 aliphatic rings. The molecule has 1 N–H and O–H groups in total. The van der Waals surface area contributed by atoms with Crippen molar-refractivity contribution in [3.63, 3.8) is 0 Å². The highest BCUT2D eigenvalue weighted by atomic mass is 35.5. The van der Waals surface area contributed by atoms with Crippen LogP contribution in [0.4, 0.5) is 5.69 Å². The molecule has 0 radical (unpaired) electrons. The van der Waals surface area contributed by atoms with Crippen molar-refractivity contribution in [2.45, 2.75) is 19.8 Å². The van der Waals surface area contributed by atoms with Gasteiger partial charge in [-0.25, -0.2) is 5.01 Å². The number of halogens is 2. The number of anilines is 1. The second-order valence-electron chi connectivity index (χ2n) is 5.07. The number of nitrogens with zero attached hydrogens (tertiary/aromatic N) is 2. The third-order valence-corrected chi connectivity index (χ3v) is 3.84. The van der Waals surface area contributed by atoms with Crippen molar-refractivity contribution >= 4 is 34.6 Å². The summed E-state index contributed by atoms with van der Waals surface area (Å²) in [6, 6.07) is 5.34. The van der Waals surface area contributed by atoms with E-state index in [0.717, 1.165) is 42.1 Å². The van der Waals surface area contributed by atoms with Crippen molar-refractivity contribution in [2.75, 3.05) is 18.1 Å². The van der Waals surface area contributed by atoms with Crippen LogP contribution in [0.2, 0.25) is 10.0 Å². The van der Waals surface area contributed by atoms with Crippen molar-refractivity contribution in [2.24, 2.45) is 5.10 Å². The summed E-state index contributed by atoms with van der Waals surface area (Å²) in [4.78, 5) is 0. The van der Waals surface area contributed by atoms with Gasteiger partial charge in [-0.2, -0.15) is 5.10 Å². The van der Waals surface area contributed by atoms with Crippen LogP contribution in [0.5, 0.6) is 0 Å². The quantitative estimate of drug-likeness (QED) is 0.816. The minimum absolute atomic E-state index is 0.540. The van der Waals surface area contributed by atoms with Crippen LogP contribution in [0.3, 0.4) is 0 Å². The van der Waals surface area contributed by atoms with Gasteiger partial charge in [-0.15, -0.1) is 0 Å². The first-order valence-electron chi connectivity index (χ1n) is 6.86. The van der Waals surface area contributed by atoms with Crippen molar-refractivity contribution in [3.05, 3.63) is 52.7 Å². The van der Waals surface area contributed by atoms with Gasteiger partial charge < -0.3 is 5.32 Å². The molecule has 0 atom stereocenters. The summed E-state index contributed by atoms with van der Waals surface area (Å²) in [5.74, 6) is 0. The molecule has 0 aromatic heterocycles. The molecule has 0 unspecified atom stereocenters. The van der Waals surface area contributed by atoms with E-state index in [-0.39, 0.29) is 0 Å². The van der Waals surface area contributed by atoms with Crippen LogP contribution in [0.1, 0.15) is 19.8 Å². The molecule has 5 heteroatoms. The second-order valence-corrected chi connectivity index (χ2v) is 5.92. The van der Waals surface area contributed by atoms with Gasteiger partial charge in [-0.1, -0.05) is 36.4 Å². The first-order valence-corrected chi connectivity index (χ1v) is 7.61. The van der Waals surface area contributed by atoms with Crippen LogP contribution in [0, 0.1) is 0 Å². The normalized spacial score (nSPS) is 20.1. The van der Waals surface area contributed by atoms with E-state index in [0.29, 0.717) is 16.6 Å². The van der Waals surface area contributed by atoms with Gasteiger partial charge in [0.15, 0.2) is 0 Å². The fourth-order valence-electron chi connectivity index (χ4n) is 2.09. The molecule has 1 heterocycles. The molecular weight excluding hydrogens is 305 g/mol. The van der Waals surface area contributed by atoms with E-state index in [1.54, 1.807) is 17.1 Å². The van der Waals surface area contributed by atoms with Gasteiger partial charge in [0, 0.05) is 17.3 Å². The third-order valence-electron chi connectivity index (χ3n) is 3.30. The maximum absolute atomic E-state index is 6.31. The SMILES string of the molecule is C=C1CNCCC/C(C)=N\N(c2ccc(Cl)cc2Cl)C1=C. The molecule has 2 rings (SSSR count). The van der Waals surface area contributed by atoms with Crippen molar-refractivity contribution in [1.82, 2.24) is 5.32 Å². The highest BCUT2D eigenvalue weighted by Crippen LogP contribution is 2.32. The monoisotopic (exact) mass is 323 g/mol. The first kappa shape index (κ1) is 16.1. The zero-order valence-electron chi connectivity index (χ0n) is 12.1. The molecule has 0 bridgehead atoms. The summed E-state index contributed by atoms with van der Waals surface area (Å²) in [6.07, 6.45) is 1.96. The zero-order valence-corrected chi connectivity index (χ0v) is 13.6. The summed E-state index contributed by atoms with van der Waals surface area (Å²) in [5.41, 5.74) is 3.40. The van der Waals surface area contributed by atoms with Crippen LogP contribution in [-0.2, 0) is 0 Å². The fraction of sp³-hybridized carbons (Fsp3) is 0.312. The molecule has 1 aromatic carbocycles. The molecule has 0 spiro atoms. The van der Waals surface area contributed by atoms with Gasteiger partial charge in [0.2, 0.25) is 0 Å². The molecular formula is C16H19Cl2N3. The zero-order chi connectivity index (χ0) is 15.4. The summed E-state index contributed by atoms with van der Waals surface area (Å²) in [7, 11) is 0. The molecule has 0 aliphatic carbocycles. The molecule has 0 fully saturated rings. The Bertz CT molecular complexity index is 593. The van der Waals surface area contributed by atoms with E-state index < -0.39 is 0 Å². The molecule has 1 aliphatic heterocycles. The van der Waals surface area contributed by atoms with Crippen LogP contribution in [0.25, 0.3) is 0 Å². The summed E-state index contributed by atoms with van der Waals surface area (Å²) in [5, 5.41) is 10.9. The highest BCUT2D eigenvalue weighted by Gasteiger charge is 2.17. The first-order chi connectivity index (χ1) is 9.99. The lowest BCUT2D eigenvalue weighted by molar-refractivity contribution is 0.690. The number of hydrogen-bond donors (Lipinski definition) is 1. The molecule has 1 aromatic rings. The summed E-state index contributed by atoms with van der Waals surface area (Å²) in [6.45, 7) is 11.8. The maximum atomic E-state index is 6.31. The van der Waals surface area contributed by atoms with Gasteiger partial charge in [0.05, 0.1) is 16.4 Å². The Balaban J connectivity index is 2.44. The van der Waals surface area contributed by atoms with Gasteiger partial charge in [-0.3, -0.25) is 0 Å². The highest BCUT2D eigenvalue weighted by molar-refractivity contribution is 6.36. The molecule has 3 nitrogen and oxygen atoms in total. The van der Waals surface area contributed by atoms with Gasteiger partial charge in [0.25, 0.3) is 0 Å². The van der Waals surface area contributed by atoms with Crippen LogP contribution >= 0.6 is 23.2 Å². The molecule has 21 heavy (non-hydrogen) atoms. The van der Waals surface area contributed by atoms with Crippen molar-refractivity contribution in [3.8, 4) is 0 Å². The van der Waals surface area contributed by atoms with E-state index in [9.17, 15) is 0 Å². The summed E-state index contributed by atoms with van der Waals surface area (Å²) < 4.78 is 0. The van der Waals surface area contributed by atoms with E-state index in [2.05, 4.69) is 23.6 Å². The average Bonchev–Trinajstić information content (AvgIpc) is 2.43. The Morgan fingerprint density at radius 3 is 2.76 bits per heavy atom. The lowest BCUT2D eigenvalue weighted by atomic mass is 10.1. The lowest BCUT2D eigenvalue weighted by Gasteiger charge is -2.26. The standard InChI is InChI=1S/C16H19Cl2N3/c1-11-10-19-8-4-5-12(2)20-21(13(11)3)16-7-6-14(17)9-15(16)18/h6-7,9,19H,1,3-5,8,10H2,2H3/b20-12-. The Kier molecular flexibility index (Phi) is 5.45. The van der Waals surface area contributed by atoms with E-state index in [4.69, 9.17) is 23.2 Å². The Morgan fingerprint density at radius 2 is 2.05 bits per heavy atom. The molecule has 0 saturated carbocycles. The van der Waals surface area contributed by atoms with Crippen LogP contribution in [0.15, 0.2) is 47.7 Å². The largest absolute Gasteiger partial charge is 0.313 e. The predicted molar refractivity (Wildman–Crippen MR) is 92.4 cm³/mol. The fourth-order valence-corrected chi connectivity index (χ4v) is 2.58. The average molecular weight is 324 g/mol. The summed E-state index contributed by atoms with van der Waals surface area (Å²) >= 11 is 12.3. The van der Waals surface area contributed by atoms with Crippen LogP contribution in [-0.4, -0.2) is 18.8 Å². The topological polar surface area (TPSA) is 27.6 Å². The second kappa shape index (κ2) is 7.12. The van der Waals surface area contributed by atoms with E-state index in [1.165, 1.54) is 0 Å². The maximum Gasteiger partial charge on any atom is 0.0839 e. The van der Waals surface area contributed by atoms with Crippen LogP contribution < -0.4 is 10.3 Å². The third kappa shape index (κ3) is 4.10. The number of rotatable bonds is 1. The Morgan fingerprint density at radius 1 is 1.29 bits per heavy atom. The smallest absolute Gasteiger partial charge is 0.0839 e. The number of nitrogens with one attached hydrogen (secondary N) is 1. The van der Waals surface area contributed by atoms with E-state index >= 15 is 0 Å². The van der Waals surface area contributed by atoms with Crippen molar-refractivity contribution < 1.29 is 0 Å². The number of hydrazone groups is 1. The minimum Gasteiger partial charge on any atom is -0.313 e. The van der Waals surface area contributed by atoms with Gasteiger partial charge >= 0.3 is 0 Å². The number of benzene rings is 1. The molecule has 112 valence electrons. The molecule has 0 amide bonds. The minimum atomic E-state index is 0.540. The van der Waals surface area contributed by atoms with Gasteiger partial charge in [0.1, 0.15) is 0 Å². The van der Waals surface area contributed by atoms with Gasteiger partial charge in [-0.05, 0) is 50.1 Å². The van der Waals surface area contributed by atoms with Crippen molar-refractivity contribution in [1.29, 1.82) is 0 Å². The Labute approximate surface area is 135 Å². The lowest BCUT2D eigenvalue weighted by Crippen LogP contribution is -2.26. The van der Waals surface area contributed by atoms with E-state index in [1.807, 2.05) is 13.0 Å². The predicted octanol–water partition coefficient (Wildman–Crippen LogP) is 4.63.